The van der Waals surface area contributed by atoms with Gasteiger partial charge in [-0.25, -0.2) is 14.2 Å². The van der Waals surface area contributed by atoms with E-state index in [1.807, 2.05) is 39.9 Å². The van der Waals surface area contributed by atoms with Gasteiger partial charge in [0.25, 0.3) is 5.91 Å². The first kappa shape index (κ1) is 40.2. The number of halogens is 4. The monoisotopic (exact) mass is 750 g/mol. The van der Waals surface area contributed by atoms with Gasteiger partial charge >= 0.3 is 12.3 Å². The van der Waals surface area contributed by atoms with Crippen LogP contribution in [0.2, 0.25) is 0 Å². The maximum absolute atomic E-state index is 14.5. The Kier molecular flexibility index (Phi) is 12.2. The van der Waals surface area contributed by atoms with Crippen LogP contribution in [0.1, 0.15) is 70.1 Å². The zero-order chi connectivity index (χ0) is 38.8. The number of hydrogen-bond donors (Lipinski definition) is 1. The number of pyridine rings is 1. The fraction of sp³-hybridized carbons (Fsp3) is 0.622. The summed E-state index contributed by atoms with van der Waals surface area (Å²) in [5.41, 5.74) is 0.102. The molecule has 16 heteroatoms. The summed E-state index contributed by atoms with van der Waals surface area (Å²) in [4.78, 5) is 52.9. The molecule has 0 bridgehead atoms. The van der Waals surface area contributed by atoms with E-state index in [9.17, 15) is 31.9 Å². The van der Waals surface area contributed by atoms with Crippen molar-refractivity contribution in [2.45, 2.75) is 96.9 Å². The van der Waals surface area contributed by atoms with E-state index in [1.165, 1.54) is 24.3 Å². The Morgan fingerprint density at radius 1 is 0.943 bits per heavy atom. The predicted molar refractivity (Wildman–Crippen MR) is 188 cm³/mol. The lowest BCUT2D eigenvalue weighted by Gasteiger charge is -2.49. The van der Waals surface area contributed by atoms with Crippen LogP contribution < -0.4 is 15.0 Å². The van der Waals surface area contributed by atoms with E-state index < -0.39 is 42.2 Å². The van der Waals surface area contributed by atoms with Gasteiger partial charge in [-0.2, -0.15) is 13.2 Å². The van der Waals surface area contributed by atoms with Crippen molar-refractivity contribution in [1.29, 1.82) is 0 Å². The molecule has 292 valence electrons. The number of aromatic nitrogens is 1. The first-order valence-electron chi connectivity index (χ1n) is 17.9. The lowest BCUT2D eigenvalue weighted by atomic mass is 10.0. The minimum absolute atomic E-state index is 0.0187. The molecule has 5 rings (SSSR count). The zero-order valence-corrected chi connectivity index (χ0v) is 31.3. The number of carbonyl (C=O) groups is 3. The molecule has 2 aromatic rings. The smallest absolute Gasteiger partial charge is 0.410 e. The van der Waals surface area contributed by atoms with Crippen LogP contribution in [0.3, 0.4) is 0 Å². The third-order valence-corrected chi connectivity index (χ3v) is 9.64. The van der Waals surface area contributed by atoms with Gasteiger partial charge < -0.3 is 29.3 Å². The summed E-state index contributed by atoms with van der Waals surface area (Å²) in [6.07, 6.45) is -5.05. The number of benzene rings is 1. The van der Waals surface area contributed by atoms with Crippen LogP contribution in [0.4, 0.5) is 28.0 Å². The van der Waals surface area contributed by atoms with Crippen molar-refractivity contribution in [2.24, 2.45) is 0 Å². The predicted octanol–water partition coefficient (Wildman–Crippen LogP) is 4.64. The number of ether oxygens (including phenoxy) is 3. The first-order valence-corrected chi connectivity index (χ1v) is 17.9. The highest BCUT2D eigenvalue weighted by Crippen LogP contribution is 2.36. The first-order chi connectivity index (χ1) is 24.8. The molecule has 5 atom stereocenters. The fourth-order valence-electron chi connectivity index (χ4n) is 7.05. The number of morpholine rings is 1. The highest BCUT2D eigenvalue weighted by Gasteiger charge is 2.41. The van der Waals surface area contributed by atoms with Crippen molar-refractivity contribution in [3.8, 4) is 5.88 Å². The summed E-state index contributed by atoms with van der Waals surface area (Å²) in [5.74, 6) is -1.88. The Morgan fingerprint density at radius 3 is 2.23 bits per heavy atom. The minimum Gasteiger partial charge on any atom is -0.474 e. The molecule has 4 heterocycles. The van der Waals surface area contributed by atoms with Gasteiger partial charge in [0.05, 0.1) is 25.8 Å². The van der Waals surface area contributed by atoms with Crippen molar-refractivity contribution in [1.82, 2.24) is 25.0 Å². The summed E-state index contributed by atoms with van der Waals surface area (Å²) in [7, 11) is 0. The van der Waals surface area contributed by atoms with Crippen molar-refractivity contribution < 1.29 is 46.2 Å². The lowest BCUT2D eigenvalue weighted by molar-refractivity contribution is -0.123. The minimum atomic E-state index is -4.65. The van der Waals surface area contributed by atoms with E-state index in [4.69, 9.17) is 14.2 Å². The van der Waals surface area contributed by atoms with Crippen LogP contribution in [-0.2, 0) is 20.7 Å². The number of piperazine rings is 1. The number of nitrogens with one attached hydrogen (secondary N) is 1. The zero-order valence-electron chi connectivity index (χ0n) is 31.3. The molecular weight excluding hydrogens is 700 g/mol. The molecule has 1 N–H and O–H groups in total. The maximum Gasteiger partial charge on any atom is 0.410 e. The number of anilines is 1. The molecule has 3 aliphatic rings. The van der Waals surface area contributed by atoms with Crippen molar-refractivity contribution in [3.05, 3.63) is 53.0 Å². The van der Waals surface area contributed by atoms with E-state index >= 15 is 0 Å². The number of amides is 3. The normalized spacial score (nSPS) is 24.3. The topological polar surface area (TPSA) is 117 Å². The van der Waals surface area contributed by atoms with Crippen LogP contribution >= 0.6 is 0 Å². The Bertz CT molecular complexity index is 1630. The molecule has 0 spiro atoms. The standard InChI is InChI=1S/C37H50F4N6O6/c1-22-14-44(29(15-45-23(2)18-51-19-24(45)3)16-46(22)35(50)53-36(5,6)7)17-31(48)47-25(4)20-52-34-30(47)13-27(12-26-8-10-28(38)11-9-26)32(43-34)33(49)42-21-37(39,40)41/h8-11,13,22-25,29H,12,14-21H2,1-7H3,(H,42,49)/t22-,23-,24-,25+,29+/m1/s1. The number of nitrogens with zero attached hydrogens (tertiary/aromatic N) is 5. The highest BCUT2D eigenvalue weighted by molar-refractivity contribution is 5.99. The quantitative estimate of drug-likeness (QED) is 0.386. The van der Waals surface area contributed by atoms with Gasteiger partial charge in [-0.3, -0.25) is 19.4 Å². The van der Waals surface area contributed by atoms with E-state index in [0.29, 0.717) is 38.4 Å². The second kappa shape index (κ2) is 16.1. The Labute approximate surface area is 307 Å². The maximum atomic E-state index is 14.5. The summed E-state index contributed by atoms with van der Waals surface area (Å²) in [6.45, 7) is 14.2. The molecule has 0 unspecified atom stereocenters. The van der Waals surface area contributed by atoms with Crippen molar-refractivity contribution >= 4 is 23.6 Å². The number of carbonyl (C=O) groups excluding carboxylic acids is 3. The second-order valence-electron chi connectivity index (χ2n) is 15.3. The average molecular weight is 751 g/mol. The van der Waals surface area contributed by atoms with Gasteiger partial charge in [0.2, 0.25) is 11.8 Å². The van der Waals surface area contributed by atoms with Gasteiger partial charge in [-0.1, -0.05) is 12.1 Å². The van der Waals surface area contributed by atoms with Gasteiger partial charge in [0.15, 0.2) is 0 Å². The molecule has 1 aromatic carbocycles. The largest absolute Gasteiger partial charge is 0.474 e. The molecule has 3 amide bonds. The van der Waals surface area contributed by atoms with Crippen LogP contribution in [0.15, 0.2) is 30.3 Å². The molecule has 1 aromatic heterocycles. The number of hydrogen-bond acceptors (Lipinski definition) is 9. The van der Waals surface area contributed by atoms with Crippen LogP contribution in [-0.4, -0.2) is 132 Å². The van der Waals surface area contributed by atoms with Crippen LogP contribution in [0.5, 0.6) is 5.88 Å². The summed E-state index contributed by atoms with van der Waals surface area (Å²) in [6, 6.07) is 6.28. The van der Waals surface area contributed by atoms with E-state index in [1.54, 1.807) is 15.9 Å². The average Bonchev–Trinajstić information content (AvgIpc) is 3.05. The molecule has 0 saturated carbocycles. The third-order valence-electron chi connectivity index (χ3n) is 9.64. The molecule has 2 fully saturated rings. The van der Waals surface area contributed by atoms with Gasteiger partial charge in [0.1, 0.15) is 36.0 Å². The Hall–Kier alpha value is -4.02. The molecule has 12 nitrogen and oxygen atoms in total. The molecule has 2 saturated heterocycles. The molecule has 3 aliphatic heterocycles. The van der Waals surface area contributed by atoms with Gasteiger partial charge in [-0.15, -0.1) is 0 Å². The van der Waals surface area contributed by atoms with Crippen molar-refractivity contribution in [3.63, 3.8) is 0 Å². The van der Waals surface area contributed by atoms with E-state index in [0.717, 1.165) is 0 Å². The van der Waals surface area contributed by atoms with Crippen LogP contribution in [0, 0.1) is 5.82 Å². The third kappa shape index (κ3) is 10.1. The molecule has 0 aliphatic carbocycles. The lowest BCUT2D eigenvalue weighted by Crippen LogP contribution is -2.65. The highest BCUT2D eigenvalue weighted by atomic mass is 19.4. The number of rotatable bonds is 8. The number of alkyl halides is 3. The molecular formula is C37H50F4N6O6. The van der Waals surface area contributed by atoms with E-state index in [2.05, 4.69) is 28.6 Å². The van der Waals surface area contributed by atoms with Gasteiger partial charge in [0, 0.05) is 43.8 Å². The Balaban J connectivity index is 1.46. The van der Waals surface area contributed by atoms with Crippen molar-refractivity contribution in [2.75, 3.05) is 57.4 Å². The molecule has 0 radical (unpaired) electrons. The second-order valence-corrected chi connectivity index (χ2v) is 15.3. The summed E-state index contributed by atoms with van der Waals surface area (Å²) >= 11 is 0. The summed E-state index contributed by atoms with van der Waals surface area (Å²) < 4.78 is 70.2. The van der Waals surface area contributed by atoms with E-state index in [-0.39, 0.29) is 72.5 Å². The van der Waals surface area contributed by atoms with Crippen LogP contribution in [0.25, 0.3) is 0 Å². The SMILES string of the molecule is C[C@@H]1CN(CC(=O)N2c3cc(Cc4ccc(F)cc4)c(C(=O)NCC(F)(F)F)nc3OC[C@@H]2C)[C@@H](CN2[C@H](C)COC[C@H]2C)CN1C(=O)OC(C)(C)C. The Morgan fingerprint density at radius 2 is 1.60 bits per heavy atom. The molecule has 53 heavy (non-hydrogen) atoms. The van der Waals surface area contributed by atoms with Gasteiger partial charge in [-0.05, 0) is 84.2 Å². The summed E-state index contributed by atoms with van der Waals surface area (Å²) in [5, 5.41) is 1.87. The number of fused-ring (bicyclic) bond motifs is 1. The fourth-order valence-corrected chi connectivity index (χ4v) is 7.05.